The molecule has 0 aromatic heterocycles. The van der Waals surface area contributed by atoms with Crippen LogP contribution >= 0.6 is 27.5 Å². The first-order valence-corrected chi connectivity index (χ1v) is 11.4. The molecule has 1 heterocycles. The number of carbonyl (C=O) groups excluding carboxylic acids is 2. The Labute approximate surface area is 196 Å². The van der Waals surface area contributed by atoms with Crippen LogP contribution in [0.2, 0.25) is 5.02 Å². The summed E-state index contributed by atoms with van der Waals surface area (Å²) in [7, 11) is 1.53. The number of hydrogen-bond donors (Lipinski definition) is 1. The zero-order valence-corrected chi connectivity index (χ0v) is 20.3. The zero-order valence-electron chi connectivity index (χ0n) is 18.0. The first-order valence-electron chi connectivity index (χ1n) is 10.3. The summed E-state index contributed by atoms with van der Waals surface area (Å²) >= 11 is 9.63. The van der Waals surface area contributed by atoms with Gasteiger partial charge in [-0.05, 0) is 42.3 Å². The number of carbonyl (C=O) groups is 2. The van der Waals surface area contributed by atoms with Crippen LogP contribution in [0.4, 0.5) is 11.4 Å². The van der Waals surface area contributed by atoms with Crippen LogP contribution in [0.5, 0.6) is 5.75 Å². The Morgan fingerprint density at radius 2 is 1.84 bits per heavy atom. The molecule has 3 rings (SSSR count). The van der Waals surface area contributed by atoms with Gasteiger partial charge in [0.25, 0.3) is 5.91 Å². The lowest BCUT2D eigenvalue weighted by atomic mass is 10.1. The van der Waals surface area contributed by atoms with Crippen LogP contribution in [0.25, 0.3) is 0 Å². The minimum atomic E-state index is -0.285. The van der Waals surface area contributed by atoms with E-state index in [1.54, 1.807) is 18.2 Å². The number of anilines is 2. The highest BCUT2D eigenvalue weighted by molar-refractivity contribution is 9.10. The van der Waals surface area contributed by atoms with E-state index < -0.39 is 0 Å². The number of benzene rings is 2. The predicted octanol–water partition coefficient (Wildman–Crippen LogP) is 5.06. The number of rotatable bonds is 6. The second-order valence-electron chi connectivity index (χ2n) is 7.93. The molecule has 1 fully saturated rings. The molecule has 6 nitrogen and oxygen atoms in total. The maximum absolute atomic E-state index is 13.0. The third kappa shape index (κ3) is 5.92. The topological polar surface area (TPSA) is 61.9 Å². The third-order valence-electron chi connectivity index (χ3n) is 5.17. The van der Waals surface area contributed by atoms with Crippen molar-refractivity contribution in [2.45, 2.75) is 20.3 Å². The Balaban J connectivity index is 1.77. The van der Waals surface area contributed by atoms with Gasteiger partial charge in [0.1, 0.15) is 5.75 Å². The molecule has 0 aliphatic carbocycles. The van der Waals surface area contributed by atoms with Gasteiger partial charge in [0.15, 0.2) is 0 Å². The highest BCUT2D eigenvalue weighted by Gasteiger charge is 2.24. The van der Waals surface area contributed by atoms with Crippen LogP contribution in [-0.2, 0) is 4.79 Å². The number of nitrogens with one attached hydrogen (secondary N) is 1. The predicted molar refractivity (Wildman–Crippen MR) is 128 cm³/mol. The van der Waals surface area contributed by atoms with Gasteiger partial charge in [0, 0.05) is 42.1 Å². The minimum Gasteiger partial charge on any atom is -0.496 e. The largest absolute Gasteiger partial charge is 0.496 e. The summed E-state index contributed by atoms with van der Waals surface area (Å²) in [4.78, 5) is 29.5. The molecule has 1 aliphatic rings. The molecule has 0 spiro atoms. The van der Waals surface area contributed by atoms with Crippen molar-refractivity contribution in [2.75, 3.05) is 43.5 Å². The average molecular weight is 509 g/mol. The lowest BCUT2D eigenvalue weighted by Gasteiger charge is -2.37. The first kappa shape index (κ1) is 23.4. The van der Waals surface area contributed by atoms with Crippen molar-refractivity contribution in [1.82, 2.24) is 4.90 Å². The Hall–Kier alpha value is -2.25. The van der Waals surface area contributed by atoms with Crippen molar-refractivity contribution in [3.8, 4) is 5.75 Å². The van der Waals surface area contributed by atoms with Gasteiger partial charge in [0.05, 0.1) is 24.0 Å². The SMILES string of the molecule is COc1ccc(Br)cc1C(=O)Nc1cc(Cl)ccc1N1CCN(C(=O)CC(C)C)CC1. The average Bonchev–Trinajstić information content (AvgIpc) is 2.73. The number of ether oxygens (including phenoxy) is 1. The Bertz CT molecular complexity index is 959. The summed E-state index contributed by atoms with van der Waals surface area (Å²) in [5.74, 6) is 0.744. The Kier molecular flexibility index (Phi) is 7.84. The van der Waals surface area contributed by atoms with E-state index >= 15 is 0 Å². The molecule has 0 bridgehead atoms. The summed E-state index contributed by atoms with van der Waals surface area (Å²) in [6, 6.07) is 10.7. The standard InChI is InChI=1S/C23H27BrClN3O3/c1-15(2)12-22(29)28-10-8-27(9-11-28)20-6-5-17(25)14-19(20)26-23(30)18-13-16(24)4-7-21(18)31-3/h4-7,13-15H,8-12H2,1-3H3,(H,26,30). The van der Waals surface area contributed by atoms with E-state index in [4.69, 9.17) is 16.3 Å². The van der Waals surface area contributed by atoms with Crippen LogP contribution in [0.15, 0.2) is 40.9 Å². The van der Waals surface area contributed by atoms with Gasteiger partial charge in [-0.25, -0.2) is 0 Å². The van der Waals surface area contributed by atoms with E-state index in [1.165, 1.54) is 7.11 Å². The molecule has 1 N–H and O–H groups in total. The Morgan fingerprint density at radius 3 is 2.48 bits per heavy atom. The lowest BCUT2D eigenvalue weighted by molar-refractivity contribution is -0.132. The van der Waals surface area contributed by atoms with Crippen LogP contribution in [0, 0.1) is 5.92 Å². The van der Waals surface area contributed by atoms with Gasteiger partial charge < -0.3 is 19.9 Å². The van der Waals surface area contributed by atoms with Crippen LogP contribution < -0.4 is 15.0 Å². The van der Waals surface area contributed by atoms with Gasteiger partial charge in [-0.1, -0.05) is 41.4 Å². The van der Waals surface area contributed by atoms with Crippen molar-refractivity contribution in [2.24, 2.45) is 5.92 Å². The van der Waals surface area contributed by atoms with Crippen molar-refractivity contribution < 1.29 is 14.3 Å². The number of amides is 2. The smallest absolute Gasteiger partial charge is 0.259 e. The number of piperazine rings is 1. The molecule has 1 saturated heterocycles. The molecule has 2 amide bonds. The molecule has 2 aromatic rings. The lowest BCUT2D eigenvalue weighted by Crippen LogP contribution is -2.49. The van der Waals surface area contributed by atoms with Gasteiger partial charge in [-0.15, -0.1) is 0 Å². The molecule has 0 saturated carbocycles. The number of hydrogen-bond acceptors (Lipinski definition) is 4. The summed E-state index contributed by atoms with van der Waals surface area (Å²) in [5, 5.41) is 3.51. The van der Waals surface area contributed by atoms with Crippen LogP contribution in [0.3, 0.4) is 0 Å². The molecule has 166 valence electrons. The number of halogens is 2. The summed E-state index contributed by atoms with van der Waals surface area (Å²) in [5.41, 5.74) is 1.93. The fraction of sp³-hybridized carbons (Fsp3) is 0.391. The van der Waals surface area contributed by atoms with E-state index in [0.29, 0.717) is 60.5 Å². The van der Waals surface area contributed by atoms with E-state index in [-0.39, 0.29) is 11.8 Å². The third-order valence-corrected chi connectivity index (χ3v) is 5.90. The highest BCUT2D eigenvalue weighted by Crippen LogP contribution is 2.32. The van der Waals surface area contributed by atoms with Crippen molar-refractivity contribution in [1.29, 1.82) is 0 Å². The van der Waals surface area contributed by atoms with E-state index in [0.717, 1.165) is 10.2 Å². The van der Waals surface area contributed by atoms with Gasteiger partial charge in [-0.2, -0.15) is 0 Å². The van der Waals surface area contributed by atoms with Gasteiger partial charge >= 0.3 is 0 Å². The van der Waals surface area contributed by atoms with E-state index in [2.05, 4.69) is 40.0 Å². The quantitative estimate of drug-likeness (QED) is 0.593. The minimum absolute atomic E-state index is 0.195. The van der Waals surface area contributed by atoms with E-state index in [9.17, 15) is 9.59 Å². The first-order chi connectivity index (χ1) is 14.8. The van der Waals surface area contributed by atoms with Gasteiger partial charge in [0.2, 0.25) is 5.91 Å². The Morgan fingerprint density at radius 1 is 1.13 bits per heavy atom. The number of methoxy groups -OCH3 is 1. The second kappa shape index (κ2) is 10.4. The van der Waals surface area contributed by atoms with Crippen molar-refractivity contribution in [3.63, 3.8) is 0 Å². The second-order valence-corrected chi connectivity index (χ2v) is 9.28. The van der Waals surface area contributed by atoms with E-state index in [1.807, 2.05) is 23.1 Å². The summed E-state index contributed by atoms with van der Waals surface area (Å²) < 4.78 is 6.12. The fourth-order valence-corrected chi connectivity index (χ4v) is 4.14. The normalized spacial score (nSPS) is 14.0. The molecule has 0 unspecified atom stereocenters. The molecule has 0 radical (unpaired) electrons. The monoisotopic (exact) mass is 507 g/mol. The molecular formula is C23H27BrClN3O3. The maximum Gasteiger partial charge on any atom is 0.259 e. The molecule has 8 heteroatoms. The molecule has 31 heavy (non-hydrogen) atoms. The maximum atomic E-state index is 13.0. The summed E-state index contributed by atoms with van der Waals surface area (Å²) in [6.45, 7) is 6.79. The number of nitrogens with zero attached hydrogens (tertiary/aromatic N) is 2. The van der Waals surface area contributed by atoms with Gasteiger partial charge in [-0.3, -0.25) is 9.59 Å². The molecule has 2 aromatic carbocycles. The van der Waals surface area contributed by atoms with Crippen molar-refractivity contribution >= 4 is 50.7 Å². The van der Waals surface area contributed by atoms with Crippen LogP contribution in [0.1, 0.15) is 30.6 Å². The fourth-order valence-electron chi connectivity index (χ4n) is 3.61. The molecular weight excluding hydrogens is 482 g/mol. The van der Waals surface area contributed by atoms with Crippen molar-refractivity contribution in [3.05, 3.63) is 51.5 Å². The molecule has 0 atom stereocenters. The zero-order chi connectivity index (χ0) is 22.5. The highest BCUT2D eigenvalue weighted by atomic mass is 79.9. The summed E-state index contributed by atoms with van der Waals surface area (Å²) in [6.07, 6.45) is 0.566. The molecule has 1 aliphatic heterocycles. The van der Waals surface area contributed by atoms with Crippen LogP contribution in [-0.4, -0.2) is 50.0 Å².